The Morgan fingerprint density at radius 3 is 2.95 bits per heavy atom. The lowest BCUT2D eigenvalue weighted by Crippen LogP contribution is -2.13. The molecule has 2 rings (SSSR count). The molecule has 0 bridgehead atoms. The minimum atomic E-state index is -0.275. The van der Waals surface area contributed by atoms with Gasteiger partial charge in [-0.1, -0.05) is 24.6 Å². The molecule has 0 aliphatic rings. The Hall–Kier alpha value is -2.07. The van der Waals surface area contributed by atoms with E-state index in [1.54, 1.807) is 18.2 Å². The first-order valence-electron chi connectivity index (χ1n) is 6.77. The second-order valence-corrected chi connectivity index (χ2v) is 5.08. The standard InChI is InChI=1S/C16H17ClN2O2/c1-3-11(2)21-13-6-4-5-12(9-13)19-16(20)14-7-8-18-10-15(14)17/h4-11H,3H2,1-2H3,(H,19,20). The molecule has 0 saturated heterocycles. The quantitative estimate of drug-likeness (QED) is 0.902. The van der Waals surface area contributed by atoms with E-state index in [2.05, 4.69) is 17.2 Å². The highest BCUT2D eigenvalue weighted by Gasteiger charge is 2.11. The lowest BCUT2D eigenvalue weighted by Gasteiger charge is -2.13. The van der Waals surface area contributed by atoms with E-state index in [-0.39, 0.29) is 12.0 Å². The van der Waals surface area contributed by atoms with Gasteiger partial charge in [0.05, 0.1) is 16.7 Å². The van der Waals surface area contributed by atoms with Crippen LogP contribution < -0.4 is 10.1 Å². The van der Waals surface area contributed by atoms with E-state index in [1.807, 2.05) is 19.1 Å². The number of benzene rings is 1. The zero-order chi connectivity index (χ0) is 15.2. The number of nitrogens with zero attached hydrogens (tertiary/aromatic N) is 1. The first-order chi connectivity index (χ1) is 10.1. The molecule has 110 valence electrons. The highest BCUT2D eigenvalue weighted by molar-refractivity contribution is 6.34. The Morgan fingerprint density at radius 2 is 2.24 bits per heavy atom. The van der Waals surface area contributed by atoms with Crippen LogP contribution in [0.5, 0.6) is 5.75 Å². The van der Waals surface area contributed by atoms with Crippen molar-refractivity contribution in [3.63, 3.8) is 0 Å². The van der Waals surface area contributed by atoms with Crippen molar-refractivity contribution in [2.45, 2.75) is 26.4 Å². The summed E-state index contributed by atoms with van der Waals surface area (Å²) in [5, 5.41) is 3.12. The Balaban J connectivity index is 2.11. The third kappa shape index (κ3) is 4.20. The van der Waals surface area contributed by atoms with Gasteiger partial charge in [-0.15, -0.1) is 0 Å². The van der Waals surface area contributed by atoms with Gasteiger partial charge in [0.1, 0.15) is 5.75 Å². The minimum Gasteiger partial charge on any atom is -0.491 e. The molecule has 1 heterocycles. The van der Waals surface area contributed by atoms with Crippen LogP contribution in [0.1, 0.15) is 30.6 Å². The molecule has 0 fully saturated rings. The number of aromatic nitrogens is 1. The molecule has 1 N–H and O–H groups in total. The Morgan fingerprint density at radius 1 is 1.43 bits per heavy atom. The fourth-order valence-electron chi connectivity index (χ4n) is 1.72. The van der Waals surface area contributed by atoms with E-state index >= 15 is 0 Å². The molecule has 0 radical (unpaired) electrons. The van der Waals surface area contributed by atoms with Gasteiger partial charge in [0.2, 0.25) is 0 Å². The SMILES string of the molecule is CCC(C)Oc1cccc(NC(=O)c2ccncc2Cl)c1. The predicted molar refractivity (Wildman–Crippen MR) is 84.0 cm³/mol. The molecule has 0 saturated carbocycles. The molecule has 1 amide bonds. The summed E-state index contributed by atoms with van der Waals surface area (Å²) in [4.78, 5) is 16.0. The number of nitrogens with one attached hydrogen (secondary N) is 1. The molecular weight excluding hydrogens is 288 g/mol. The second kappa shape index (κ2) is 7.09. The van der Waals surface area contributed by atoms with Crippen LogP contribution in [0.25, 0.3) is 0 Å². The van der Waals surface area contributed by atoms with Gasteiger partial charge in [-0.25, -0.2) is 0 Å². The van der Waals surface area contributed by atoms with Crippen molar-refractivity contribution in [3.8, 4) is 5.75 Å². The van der Waals surface area contributed by atoms with E-state index in [1.165, 1.54) is 12.4 Å². The van der Waals surface area contributed by atoms with Gasteiger partial charge in [-0.3, -0.25) is 9.78 Å². The number of anilines is 1. The first-order valence-corrected chi connectivity index (χ1v) is 7.15. The van der Waals surface area contributed by atoms with Crippen molar-refractivity contribution >= 4 is 23.2 Å². The highest BCUT2D eigenvalue weighted by atomic mass is 35.5. The summed E-state index contributed by atoms with van der Waals surface area (Å²) in [7, 11) is 0. The minimum absolute atomic E-state index is 0.130. The molecule has 0 aliphatic heterocycles. The van der Waals surface area contributed by atoms with Gasteiger partial charge in [0.25, 0.3) is 5.91 Å². The van der Waals surface area contributed by atoms with Crippen LogP contribution in [0.4, 0.5) is 5.69 Å². The third-order valence-electron chi connectivity index (χ3n) is 3.02. The number of amides is 1. The van der Waals surface area contributed by atoms with Crippen LogP contribution in [0.2, 0.25) is 5.02 Å². The van der Waals surface area contributed by atoms with Gasteiger partial charge in [-0.2, -0.15) is 0 Å². The average molecular weight is 305 g/mol. The molecule has 0 aliphatic carbocycles. The van der Waals surface area contributed by atoms with Crippen LogP contribution in [-0.4, -0.2) is 17.0 Å². The third-order valence-corrected chi connectivity index (χ3v) is 3.32. The summed E-state index contributed by atoms with van der Waals surface area (Å²) in [5.41, 5.74) is 1.05. The average Bonchev–Trinajstić information content (AvgIpc) is 2.47. The molecular formula is C16H17ClN2O2. The fourth-order valence-corrected chi connectivity index (χ4v) is 1.93. The largest absolute Gasteiger partial charge is 0.491 e. The van der Waals surface area contributed by atoms with Crippen molar-refractivity contribution in [2.24, 2.45) is 0 Å². The van der Waals surface area contributed by atoms with Crippen molar-refractivity contribution in [2.75, 3.05) is 5.32 Å². The van der Waals surface area contributed by atoms with Gasteiger partial charge in [0.15, 0.2) is 0 Å². The molecule has 0 spiro atoms. The smallest absolute Gasteiger partial charge is 0.257 e. The number of carbonyl (C=O) groups excluding carboxylic acids is 1. The molecule has 2 aromatic rings. The molecule has 1 atom stereocenters. The van der Waals surface area contributed by atoms with Crippen molar-refractivity contribution in [3.05, 3.63) is 53.3 Å². The first kappa shape index (κ1) is 15.3. The summed E-state index contributed by atoms with van der Waals surface area (Å²) in [6, 6.07) is 8.87. The number of rotatable bonds is 5. The lowest BCUT2D eigenvalue weighted by molar-refractivity contribution is 0.102. The summed E-state index contributed by atoms with van der Waals surface area (Å²) in [6.07, 6.45) is 4.02. The number of ether oxygens (including phenoxy) is 1. The second-order valence-electron chi connectivity index (χ2n) is 4.67. The number of pyridine rings is 1. The van der Waals surface area contributed by atoms with Gasteiger partial charge in [0, 0.05) is 24.1 Å². The summed E-state index contributed by atoms with van der Waals surface area (Å²) < 4.78 is 5.73. The maximum atomic E-state index is 12.2. The van der Waals surface area contributed by atoms with E-state index in [4.69, 9.17) is 16.3 Å². The zero-order valence-electron chi connectivity index (χ0n) is 12.0. The predicted octanol–water partition coefficient (Wildman–Crippen LogP) is 4.16. The number of carbonyl (C=O) groups is 1. The summed E-state index contributed by atoms with van der Waals surface area (Å²) in [5.74, 6) is 0.450. The van der Waals surface area contributed by atoms with E-state index in [0.29, 0.717) is 16.3 Å². The Kier molecular flexibility index (Phi) is 5.17. The van der Waals surface area contributed by atoms with Crippen molar-refractivity contribution < 1.29 is 9.53 Å². The highest BCUT2D eigenvalue weighted by Crippen LogP contribution is 2.21. The fraction of sp³-hybridized carbons (Fsp3) is 0.250. The topological polar surface area (TPSA) is 51.2 Å². The Labute approximate surface area is 129 Å². The van der Waals surface area contributed by atoms with Gasteiger partial charge < -0.3 is 10.1 Å². The van der Waals surface area contributed by atoms with Gasteiger partial charge in [-0.05, 0) is 31.5 Å². The van der Waals surface area contributed by atoms with Crippen LogP contribution in [0.3, 0.4) is 0 Å². The summed E-state index contributed by atoms with van der Waals surface area (Å²) >= 11 is 5.96. The molecule has 5 heteroatoms. The molecule has 1 aromatic carbocycles. The van der Waals surface area contributed by atoms with Gasteiger partial charge >= 0.3 is 0 Å². The molecule has 1 aromatic heterocycles. The number of hydrogen-bond acceptors (Lipinski definition) is 3. The summed E-state index contributed by atoms with van der Waals surface area (Å²) in [6.45, 7) is 4.06. The van der Waals surface area contributed by atoms with Crippen LogP contribution in [0.15, 0.2) is 42.7 Å². The monoisotopic (exact) mass is 304 g/mol. The lowest BCUT2D eigenvalue weighted by atomic mass is 10.2. The van der Waals surface area contributed by atoms with Crippen molar-refractivity contribution in [1.29, 1.82) is 0 Å². The number of halogens is 1. The Bertz CT molecular complexity index is 631. The molecule has 4 nitrogen and oxygen atoms in total. The molecule has 21 heavy (non-hydrogen) atoms. The van der Waals surface area contributed by atoms with Crippen LogP contribution >= 0.6 is 11.6 Å². The zero-order valence-corrected chi connectivity index (χ0v) is 12.7. The van der Waals surface area contributed by atoms with Crippen molar-refractivity contribution in [1.82, 2.24) is 4.98 Å². The van der Waals surface area contributed by atoms with Crippen LogP contribution in [0, 0.1) is 0 Å². The number of hydrogen-bond donors (Lipinski definition) is 1. The normalized spacial score (nSPS) is 11.8. The van der Waals surface area contributed by atoms with Crippen LogP contribution in [-0.2, 0) is 0 Å². The van der Waals surface area contributed by atoms with E-state index < -0.39 is 0 Å². The van der Waals surface area contributed by atoms with E-state index in [9.17, 15) is 4.79 Å². The maximum absolute atomic E-state index is 12.2. The van der Waals surface area contributed by atoms with E-state index in [0.717, 1.165) is 12.2 Å². The maximum Gasteiger partial charge on any atom is 0.257 e. The molecule has 1 unspecified atom stereocenters.